The van der Waals surface area contributed by atoms with Gasteiger partial charge in [-0.25, -0.2) is 8.61 Å². The zero-order chi connectivity index (χ0) is 20.8. The minimum absolute atomic E-state index is 0.398. The fourth-order valence-electron chi connectivity index (χ4n) is 4.39. The number of aryl methyl sites for hydroxylation is 1. The summed E-state index contributed by atoms with van der Waals surface area (Å²) in [5.41, 5.74) is 2.86. The molecule has 0 saturated carbocycles. The Morgan fingerprint density at radius 2 is 1.66 bits per heavy atom. The molecule has 6 nitrogen and oxygen atoms in total. The van der Waals surface area contributed by atoms with E-state index in [2.05, 4.69) is 24.1 Å². The van der Waals surface area contributed by atoms with Crippen LogP contribution in [0.5, 0.6) is 0 Å². The second kappa shape index (κ2) is 7.80. The molecule has 0 amide bonds. The highest BCUT2D eigenvalue weighted by atomic mass is 35.5. The maximum atomic E-state index is 13.6. The smallest absolute Gasteiger partial charge is 0.309 e. The number of benzene rings is 2. The average Bonchev–Trinajstić information content (AvgIpc) is 2.86. The molecule has 0 aromatic heterocycles. The predicted octanol–water partition coefficient (Wildman–Crippen LogP) is 3.53. The van der Waals surface area contributed by atoms with Crippen molar-refractivity contribution < 1.29 is 8.42 Å². The highest BCUT2D eigenvalue weighted by molar-refractivity contribution is 7.95. The van der Waals surface area contributed by atoms with Crippen molar-refractivity contribution in [3.8, 4) is 0 Å². The second-order valence-electron chi connectivity index (χ2n) is 7.99. The molecule has 2 heterocycles. The lowest BCUT2D eigenvalue weighted by molar-refractivity contribution is 0.178. The molecule has 0 bridgehead atoms. The SMILES string of the molecule is Cc1cc(Cl)ccc1N1c2ccccc2N(CCN2CC(C)NC(C)C2)S1(=O)=O. The molecule has 8 heteroatoms. The molecule has 1 saturated heterocycles. The summed E-state index contributed by atoms with van der Waals surface area (Å²) in [5.74, 6) is 0. The second-order valence-corrected chi connectivity index (χ2v) is 10.1. The molecule has 29 heavy (non-hydrogen) atoms. The molecule has 2 aromatic carbocycles. The third-order valence-corrected chi connectivity index (χ3v) is 7.53. The Balaban J connectivity index is 1.65. The molecule has 2 atom stereocenters. The molecule has 156 valence electrons. The summed E-state index contributed by atoms with van der Waals surface area (Å²) < 4.78 is 30.1. The monoisotopic (exact) mass is 434 g/mol. The number of fused-ring (bicyclic) bond motifs is 1. The van der Waals surface area contributed by atoms with Crippen LogP contribution in [-0.4, -0.2) is 51.6 Å². The van der Waals surface area contributed by atoms with E-state index in [0.29, 0.717) is 41.6 Å². The van der Waals surface area contributed by atoms with Gasteiger partial charge >= 0.3 is 10.2 Å². The number of rotatable bonds is 4. The third kappa shape index (κ3) is 3.84. The van der Waals surface area contributed by atoms with E-state index in [1.807, 2.05) is 31.2 Å². The molecule has 0 radical (unpaired) electrons. The maximum absolute atomic E-state index is 13.6. The number of nitrogens with one attached hydrogen (secondary N) is 1. The largest absolute Gasteiger partial charge is 0.331 e. The molecule has 1 fully saturated rings. The van der Waals surface area contributed by atoms with Crippen LogP contribution < -0.4 is 13.9 Å². The van der Waals surface area contributed by atoms with Gasteiger partial charge in [-0.2, -0.15) is 8.42 Å². The van der Waals surface area contributed by atoms with E-state index in [-0.39, 0.29) is 0 Å². The molecule has 0 aliphatic carbocycles. The lowest BCUT2D eigenvalue weighted by atomic mass is 10.1. The number of nitrogens with zero attached hydrogens (tertiary/aromatic N) is 3. The number of hydrogen-bond acceptors (Lipinski definition) is 4. The zero-order valence-corrected chi connectivity index (χ0v) is 18.5. The summed E-state index contributed by atoms with van der Waals surface area (Å²) in [6.07, 6.45) is 0. The van der Waals surface area contributed by atoms with Crippen molar-refractivity contribution in [2.45, 2.75) is 32.9 Å². The van der Waals surface area contributed by atoms with Crippen LogP contribution in [0.15, 0.2) is 42.5 Å². The van der Waals surface area contributed by atoms with Crippen LogP contribution in [-0.2, 0) is 10.2 Å². The van der Waals surface area contributed by atoms with Gasteiger partial charge < -0.3 is 5.32 Å². The fraction of sp³-hybridized carbons (Fsp3) is 0.429. The lowest BCUT2D eigenvalue weighted by Crippen LogP contribution is -2.55. The minimum atomic E-state index is -3.72. The number of anilines is 3. The average molecular weight is 435 g/mol. The van der Waals surface area contributed by atoms with Gasteiger partial charge in [-0.15, -0.1) is 0 Å². The molecule has 2 aliphatic heterocycles. The van der Waals surface area contributed by atoms with Crippen molar-refractivity contribution in [3.05, 3.63) is 53.1 Å². The highest BCUT2D eigenvalue weighted by Crippen LogP contribution is 2.46. The molecule has 4 rings (SSSR count). The van der Waals surface area contributed by atoms with Crippen molar-refractivity contribution in [1.82, 2.24) is 10.2 Å². The van der Waals surface area contributed by atoms with Gasteiger partial charge in [-0.1, -0.05) is 23.7 Å². The van der Waals surface area contributed by atoms with Crippen LogP contribution in [0.1, 0.15) is 19.4 Å². The third-order valence-electron chi connectivity index (χ3n) is 5.51. The van der Waals surface area contributed by atoms with Crippen molar-refractivity contribution in [3.63, 3.8) is 0 Å². The van der Waals surface area contributed by atoms with Crippen LogP contribution in [0.2, 0.25) is 5.02 Å². The van der Waals surface area contributed by atoms with Gasteiger partial charge in [-0.3, -0.25) is 4.90 Å². The molecular weight excluding hydrogens is 408 g/mol. The summed E-state index contributed by atoms with van der Waals surface area (Å²) in [6, 6.07) is 13.6. The molecular formula is C21H27ClN4O2S. The Morgan fingerprint density at radius 3 is 2.31 bits per heavy atom. The Morgan fingerprint density at radius 1 is 1.00 bits per heavy atom. The van der Waals surface area contributed by atoms with Gasteiger partial charge in [0.1, 0.15) is 0 Å². The number of hydrogen-bond donors (Lipinski definition) is 1. The van der Waals surface area contributed by atoms with E-state index in [1.54, 1.807) is 18.2 Å². The maximum Gasteiger partial charge on any atom is 0.331 e. The Kier molecular flexibility index (Phi) is 5.50. The topological polar surface area (TPSA) is 55.9 Å². The van der Waals surface area contributed by atoms with Crippen LogP contribution in [0, 0.1) is 6.92 Å². The summed E-state index contributed by atoms with van der Waals surface area (Å²) in [4.78, 5) is 2.33. The van der Waals surface area contributed by atoms with Crippen molar-refractivity contribution in [2.24, 2.45) is 0 Å². The zero-order valence-electron chi connectivity index (χ0n) is 17.0. The van der Waals surface area contributed by atoms with E-state index < -0.39 is 10.2 Å². The summed E-state index contributed by atoms with van der Waals surface area (Å²) in [7, 11) is -3.72. The first-order valence-corrected chi connectivity index (χ1v) is 11.7. The van der Waals surface area contributed by atoms with Gasteiger partial charge in [0, 0.05) is 43.3 Å². The van der Waals surface area contributed by atoms with Crippen molar-refractivity contribution in [2.75, 3.05) is 34.8 Å². The first kappa shape index (κ1) is 20.5. The first-order valence-electron chi connectivity index (χ1n) is 9.94. The number of para-hydroxylation sites is 2. The van der Waals surface area contributed by atoms with Crippen molar-refractivity contribution >= 4 is 38.9 Å². The molecule has 0 spiro atoms. The van der Waals surface area contributed by atoms with E-state index >= 15 is 0 Å². The fourth-order valence-corrected chi connectivity index (χ4v) is 6.38. The van der Waals surface area contributed by atoms with Crippen LogP contribution in [0.4, 0.5) is 17.1 Å². The predicted molar refractivity (Wildman–Crippen MR) is 120 cm³/mol. The van der Waals surface area contributed by atoms with Gasteiger partial charge in [-0.05, 0) is 56.7 Å². The van der Waals surface area contributed by atoms with Crippen LogP contribution in [0.25, 0.3) is 0 Å². The Labute approximate surface area is 178 Å². The van der Waals surface area contributed by atoms with Gasteiger partial charge in [0.05, 0.1) is 17.1 Å². The summed E-state index contributed by atoms with van der Waals surface area (Å²) in [5, 5.41) is 4.11. The van der Waals surface area contributed by atoms with E-state index in [0.717, 1.165) is 24.3 Å². The van der Waals surface area contributed by atoms with Crippen LogP contribution >= 0.6 is 11.6 Å². The lowest BCUT2D eigenvalue weighted by Gasteiger charge is -2.36. The van der Waals surface area contributed by atoms with Gasteiger partial charge in [0.25, 0.3) is 0 Å². The molecule has 1 N–H and O–H groups in total. The molecule has 2 aliphatic rings. The van der Waals surface area contributed by atoms with E-state index in [4.69, 9.17) is 11.6 Å². The minimum Gasteiger partial charge on any atom is -0.309 e. The van der Waals surface area contributed by atoms with E-state index in [9.17, 15) is 8.42 Å². The molecule has 2 unspecified atom stereocenters. The standard InChI is InChI=1S/C21H27ClN4O2S/c1-15-12-18(22)8-9-19(15)26-21-7-5-4-6-20(21)25(29(26,27)28)11-10-24-13-16(2)23-17(3)14-24/h4-9,12,16-17,23H,10-11,13-14H2,1-3H3. The normalized spacial score (nSPS) is 24.0. The summed E-state index contributed by atoms with van der Waals surface area (Å²) in [6.45, 7) is 9.15. The highest BCUT2D eigenvalue weighted by Gasteiger charge is 2.41. The first-order chi connectivity index (χ1) is 13.8. The molecule has 2 aromatic rings. The summed E-state index contributed by atoms with van der Waals surface area (Å²) >= 11 is 6.09. The van der Waals surface area contributed by atoms with Gasteiger partial charge in [0.15, 0.2) is 0 Å². The quantitative estimate of drug-likeness (QED) is 0.799. The van der Waals surface area contributed by atoms with E-state index in [1.165, 1.54) is 8.61 Å². The Hall–Kier alpha value is -1.80. The van der Waals surface area contributed by atoms with Crippen molar-refractivity contribution in [1.29, 1.82) is 0 Å². The van der Waals surface area contributed by atoms with Gasteiger partial charge in [0.2, 0.25) is 0 Å². The number of piperazine rings is 1. The Bertz CT molecular complexity index is 1000. The van der Waals surface area contributed by atoms with Crippen LogP contribution in [0.3, 0.4) is 0 Å². The number of halogens is 1.